The molecule has 10 heteroatoms. The largest absolute Gasteiger partial charge is 0.508 e. The number of carbonyl (C=O) groups is 2. The fourth-order valence-electron chi connectivity index (χ4n) is 5.76. The molecular weight excluding hydrogens is 586 g/mol. The van der Waals surface area contributed by atoms with Crippen molar-refractivity contribution in [1.29, 1.82) is 0 Å². The van der Waals surface area contributed by atoms with Crippen molar-refractivity contribution in [3.8, 4) is 21.9 Å². The summed E-state index contributed by atoms with van der Waals surface area (Å²) in [5.41, 5.74) is 7.54. The molecule has 45 heavy (non-hydrogen) atoms. The molecule has 2 atom stereocenters. The molecule has 0 fully saturated rings. The van der Waals surface area contributed by atoms with Crippen molar-refractivity contribution in [2.75, 3.05) is 13.7 Å². The Morgan fingerprint density at radius 1 is 1.04 bits per heavy atom. The van der Waals surface area contributed by atoms with Crippen LogP contribution in [0, 0.1) is 5.92 Å². The van der Waals surface area contributed by atoms with Crippen LogP contribution in [0.4, 0.5) is 0 Å². The Bertz CT molecular complexity index is 1750. The lowest BCUT2D eigenvalue weighted by Gasteiger charge is -2.28. The Morgan fingerprint density at radius 3 is 2.60 bits per heavy atom. The minimum Gasteiger partial charge on any atom is -0.508 e. The molecule has 0 radical (unpaired) electrons. The van der Waals surface area contributed by atoms with E-state index < -0.39 is 5.92 Å². The zero-order valence-electron chi connectivity index (χ0n) is 25.0. The Morgan fingerprint density at radius 2 is 1.84 bits per heavy atom. The van der Waals surface area contributed by atoms with Crippen molar-refractivity contribution < 1.29 is 19.4 Å². The molecule has 1 amide bonds. The molecule has 3 N–H and O–H groups in total. The number of ketones is 1. The van der Waals surface area contributed by atoms with E-state index in [4.69, 9.17) is 4.74 Å². The van der Waals surface area contributed by atoms with Gasteiger partial charge in [-0.1, -0.05) is 48.5 Å². The van der Waals surface area contributed by atoms with E-state index in [9.17, 15) is 14.7 Å². The summed E-state index contributed by atoms with van der Waals surface area (Å²) in [5, 5.41) is 16.0. The molecule has 5 aromatic rings. The van der Waals surface area contributed by atoms with E-state index in [1.165, 1.54) is 5.56 Å². The summed E-state index contributed by atoms with van der Waals surface area (Å²) in [6, 6.07) is 20.9. The molecule has 230 valence electrons. The third-order valence-corrected chi connectivity index (χ3v) is 9.02. The maximum absolute atomic E-state index is 13.6. The van der Waals surface area contributed by atoms with Gasteiger partial charge < -0.3 is 25.0 Å². The molecule has 0 aliphatic carbocycles. The third kappa shape index (κ3) is 7.13. The number of rotatable bonds is 12. The molecule has 3 aromatic carbocycles. The van der Waals surface area contributed by atoms with E-state index in [0.717, 1.165) is 33.7 Å². The predicted octanol–water partition coefficient (Wildman–Crippen LogP) is 5.55. The van der Waals surface area contributed by atoms with Crippen molar-refractivity contribution in [3.05, 3.63) is 119 Å². The maximum Gasteiger partial charge on any atom is 0.223 e. The van der Waals surface area contributed by atoms with Crippen LogP contribution >= 0.6 is 11.3 Å². The van der Waals surface area contributed by atoms with E-state index in [1.807, 2.05) is 36.4 Å². The molecular formula is C35H35N5O4S. The maximum atomic E-state index is 13.6. The number of hydrogen-bond donors (Lipinski definition) is 3. The average Bonchev–Trinajstić information content (AvgIpc) is 3.77. The SMILES string of the molecule is CNC(=O)[C@@H](CC(=O)c1cccc2c1OCC[C@@H]2NCc1cncn1Cc1ccc(-c2cncs2)cc1)Cc1ccc(O)cc1. The Hall–Kier alpha value is -4.80. The van der Waals surface area contributed by atoms with E-state index in [2.05, 4.69) is 49.4 Å². The highest BCUT2D eigenvalue weighted by molar-refractivity contribution is 7.13. The van der Waals surface area contributed by atoms with Gasteiger partial charge in [-0.3, -0.25) is 14.6 Å². The molecule has 6 rings (SSSR count). The summed E-state index contributed by atoms with van der Waals surface area (Å²) in [4.78, 5) is 36.1. The van der Waals surface area contributed by atoms with Crippen molar-refractivity contribution in [1.82, 2.24) is 25.2 Å². The number of aromatic nitrogens is 3. The molecule has 9 nitrogen and oxygen atoms in total. The van der Waals surface area contributed by atoms with Gasteiger partial charge in [0.25, 0.3) is 0 Å². The third-order valence-electron chi connectivity index (χ3n) is 8.19. The number of Topliss-reactive ketones (excluding diaryl/α,β-unsaturated/α-hetero) is 1. The Balaban J connectivity index is 1.12. The molecule has 0 saturated carbocycles. The zero-order chi connectivity index (χ0) is 31.2. The van der Waals surface area contributed by atoms with Gasteiger partial charge in [0.15, 0.2) is 5.78 Å². The van der Waals surface area contributed by atoms with Gasteiger partial charge >= 0.3 is 0 Å². The highest BCUT2D eigenvalue weighted by atomic mass is 32.1. The number of benzene rings is 3. The number of amides is 1. The standard InChI is InChI=1S/C35H35N5O4S/c1-36-35(43)26(15-23-7-11-28(41)12-8-23)16-32(42)30-4-2-3-29-31(13-14-44-34(29)30)39-18-27-17-37-21-40(27)20-24-5-9-25(10-6-24)33-19-38-22-45-33/h2-12,17,19,21-22,26,31,39,41H,13-16,18,20H2,1H3,(H,36,43)/t26-,31+/m1/s1. The van der Waals surface area contributed by atoms with E-state index in [0.29, 0.717) is 37.4 Å². The first-order chi connectivity index (χ1) is 22.0. The van der Waals surface area contributed by atoms with Crippen LogP contribution in [-0.2, 0) is 24.3 Å². The number of phenols is 1. The van der Waals surface area contributed by atoms with Gasteiger partial charge in [-0.05, 0) is 41.3 Å². The van der Waals surface area contributed by atoms with Gasteiger partial charge in [0.05, 0.1) is 34.6 Å². The first-order valence-corrected chi connectivity index (χ1v) is 15.8. The Labute approximate surface area is 265 Å². The van der Waals surface area contributed by atoms with Crippen LogP contribution in [0.1, 0.15) is 51.6 Å². The number of nitrogens with zero attached hydrogens (tertiary/aromatic N) is 3. The minimum atomic E-state index is -0.551. The summed E-state index contributed by atoms with van der Waals surface area (Å²) in [5.74, 6) is -0.149. The number of nitrogens with one attached hydrogen (secondary N) is 2. The molecule has 1 aliphatic rings. The van der Waals surface area contributed by atoms with Crippen LogP contribution in [-0.4, -0.2) is 45.0 Å². The minimum absolute atomic E-state index is 0.00438. The second kappa shape index (κ2) is 13.9. The van der Waals surface area contributed by atoms with Gasteiger partial charge in [0.2, 0.25) is 5.91 Å². The lowest BCUT2D eigenvalue weighted by atomic mass is 9.89. The van der Waals surface area contributed by atoms with E-state index in [1.54, 1.807) is 48.7 Å². The average molecular weight is 622 g/mol. The second-order valence-electron chi connectivity index (χ2n) is 11.2. The van der Waals surface area contributed by atoms with Crippen LogP contribution in [0.3, 0.4) is 0 Å². The van der Waals surface area contributed by atoms with Crippen LogP contribution in [0.25, 0.3) is 10.4 Å². The van der Waals surface area contributed by atoms with Gasteiger partial charge in [-0.2, -0.15) is 0 Å². The number of ether oxygens (including phenoxy) is 1. The quantitative estimate of drug-likeness (QED) is 0.156. The lowest BCUT2D eigenvalue weighted by Crippen LogP contribution is -2.31. The number of carbonyl (C=O) groups excluding carboxylic acids is 2. The van der Waals surface area contributed by atoms with Gasteiger partial charge in [-0.25, -0.2) is 4.98 Å². The fourth-order valence-corrected chi connectivity index (χ4v) is 6.39. The molecule has 0 unspecified atom stereocenters. The molecule has 2 aromatic heterocycles. The first-order valence-electron chi connectivity index (χ1n) is 15.0. The molecule has 0 saturated heterocycles. The Kier molecular flexibility index (Phi) is 9.33. The van der Waals surface area contributed by atoms with Crippen LogP contribution in [0.2, 0.25) is 0 Å². The lowest BCUT2D eigenvalue weighted by molar-refractivity contribution is -0.124. The number of thiazole rings is 1. The second-order valence-corrected chi connectivity index (χ2v) is 12.1. The molecule has 0 spiro atoms. The van der Waals surface area contributed by atoms with Crippen molar-refractivity contribution in [2.24, 2.45) is 5.92 Å². The van der Waals surface area contributed by atoms with Gasteiger partial charge in [0.1, 0.15) is 11.5 Å². The molecule has 3 heterocycles. The van der Waals surface area contributed by atoms with E-state index in [-0.39, 0.29) is 29.9 Å². The van der Waals surface area contributed by atoms with Crippen molar-refractivity contribution in [2.45, 2.75) is 38.4 Å². The smallest absolute Gasteiger partial charge is 0.223 e. The molecule has 1 aliphatic heterocycles. The predicted molar refractivity (Wildman–Crippen MR) is 173 cm³/mol. The summed E-state index contributed by atoms with van der Waals surface area (Å²) in [6.45, 7) is 1.79. The first kappa shape index (κ1) is 30.2. The van der Waals surface area contributed by atoms with Gasteiger partial charge in [0, 0.05) is 62.9 Å². The number of phenolic OH excluding ortho intramolecular Hbond substituents is 1. The zero-order valence-corrected chi connectivity index (χ0v) is 25.8. The normalized spacial score (nSPS) is 14.7. The van der Waals surface area contributed by atoms with Crippen molar-refractivity contribution >= 4 is 23.0 Å². The summed E-state index contributed by atoms with van der Waals surface area (Å²) in [6.07, 6.45) is 6.81. The summed E-state index contributed by atoms with van der Waals surface area (Å²) >= 11 is 1.63. The van der Waals surface area contributed by atoms with Crippen LogP contribution in [0.15, 0.2) is 91.0 Å². The van der Waals surface area contributed by atoms with Gasteiger partial charge in [-0.15, -0.1) is 11.3 Å². The number of fused-ring (bicyclic) bond motifs is 1. The van der Waals surface area contributed by atoms with Crippen LogP contribution < -0.4 is 15.4 Å². The van der Waals surface area contributed by atoms with Crippen LogP contribution in [0.5, 0.6) is 11.5 Å². The highest BCUT2D eigenvalue weighted by Gasteiger charge is 2.29. The number of hydrogen-bond acceptors (Lipinski definition) is 8. The summed E-state index contributed by atoms with van der Waals surface area (Å²) in [7, 11) is 1.58. The fraction of sp³-hybridized carbons (Fsp3) is 0.257. The highest BCUT2D eigenvalue weighted by Crippen LogP contribution is 2.36. The summed E-state index contributed by atoms with van der Waals surface area (Å²) < 4.78 is 8.21. The number of para-hydroxylation sites is 1. The number of aromatic hydroxyl groups is 1. The molecule has 0 bridgehead atoms. The van der Waals surface area contributed by atoms with Crippen molar-refractivity contribution in [3.63, 3.8) is 0 Å². The monoisotopic (exact) mass is 621 g/mol. The number of imidazole rings is 1. The van der Waals surface area contributed by atoms with E-state index >= 15 is 0 Å². The topological polar surface area (TPSA) is 118 Å².